The lowest BCUT2D eigenvalue weighted by molar-refractivity contribution is -0.384. The second kappa shape index (κ2) is 6.57. The van der Waals surface area contributed by atoms with E-state index >= 15 is 0 Å². The molecule has 1 saturated heterocycles. The summed E-state index contributed by atoms with van der Waals surface area (Å²) in [5.41, 5.74) is 1.53. The molecule has 2 aromatic heterocycles. The van der Waals surface area contributed by atoms with Gasteiger partial charge in [-0.05, 0) is 24.6 Å². The van der Waals surface area contributed by atoms with Crippen molar-refractivity contribution in [3.63, 3.8) is 0 Å². The minimum atomic E-state index is -0.437. The van der Waals surface area contributed by atoms with Crippen molar-refractivity contribution in [2.45, 2.75) is 12.5 Å². The maximum atomic E-state index is 11.5. The second-order valence-corrected chi connectivity index (χ2v) is 6.51. The fraction of sp³-hybridized carbons (Fsp3) is 0.278. The molecule has 0 aliphatic carbocycles. The Labute approximate surface area is 155 Å². The first-order chi connectivity index (χ1) is 13.1. The van der Waals surface area contributed by atoms with Gasteiger partial charge in [0.05, 0.1) is 21.9 Å². The Balaban J connectivity index is 1.60. The van der Waals surface area contributed by atoms with Gasteiger partial charge in [-0.2, -0.15) is 5.26 Å². The van der Waals surface area contributed by atoms with Gasteiger partial charge in [-0.1, -0.05) is 0 Å². The van der Waals surface area contributed by atoms with Crippen LogP contribution in [0.1, 0.15) is 12.0 Å². The van der Waals surface area contributed by atoms with Crippen LogP contribution in [0, 0.1) is 21.4 Å². The molecule has 27 heavy (non-hydrogen) atoms. The molecule has 1 N–H and O–H groups in total. The lowest BCUT2D eigenvalue weighted by Gasteiger charge is -2.27. The predicted molar refractivity (Wildman–Crippen MR) is 101 cm³/mol. The summed E-state index contributed by atoms with van der Waals surface area (Å²) in [4.78, 5) is 26.8. The van der Waals surface area contributed by atoms with Crippen LogP contribution in [0.4, 0.5) is 17.2 Å². The zero-order chi connectivity index (χ0) is 19.0. The van der Waals surface area contributed by atoms with E-state index in [1.165, 1.54) is 12.4 Å². The van der Waals surface area contributed by atoms with E-state index in [0.29, 0.717) is 12.2 Å². The van der Waals surface area contributed by atoms with E-state index in [0.717, 1.165) is 29.8 Å². The van der Waals surface area contributed by atoms with Crippen molar-refractivity contribution >= 4 is 28.2 Å². The van der Waals surface area contributed by atoms with Gasteiger partial charge in [-0.3, -0.25) is 10.1 Å². The van der Waals surface area contributed by atoms with Gasteiger partial charge in [-0.15, -0.1) is 0 Å². The molecule has 1 atom stereocenters. The van der Waals surface area contributed by atoms with Crippen LogP contribution in [0.3, 0.4) is 0 Å². The van der Waals surface area contributed by atoms with Gasteiger partial charge < -0.3 is 14.8 Å². The summed E-state index contributed by atoms with van der Waals surface area (Å²) < 4.78 is 0. The van der Waals surface area contributed by atoms with Crippen LogP contribution in [0.5, 0.6) is 0 Å². The Morgan fingerprint density at radius 2 is 2.26 bits per heavy atom. The van der Waals surface area contributed by atoms with Gasteiger partial charge in [-0.25, -0.2) is 9.97 Å². The van der Waals surface area contributed by atoms with Gasteiger partial charge in [0.15, 0.2) is 0 Å². The van der Waals surface area contributed by atoms with Crippen LogP contribution in [-0.2, 0) is 0 Å². The van der Waals surface area contributed by atoms with E-state index in [1.54, 1.807) is 12.1 Å². The maximum absolute atomic E-state index is 11.5. The van der Waals surface area contributed by atoms with Crippen LogP contribution >= 0.6 is 0 Å². The molecule has 0 radical (unpaired) electrons. The molecule has 136 valence electrons. The fourth-order valence-corrected chi connectivity index (χ4v) is 3.60. The maximum Gasteiger partial charge on any atom is 0.293 e. The molecule has 1 aliphatic rings. The van der Waals surface area contributed by atoms with Gasteiger partial charge >= 0.3 is 0 Å². The van der Waals surface area contributed by atoms with E-state index in [9.17, 15) is 10.1 Å². The summed E-state index contributed by atoms with van der Waals surface area (Å²) in [6, 6.07) is 8.59. The predicted octanol–water partition coefficient (Wildman–Crippen LogP) is 2.45. The van der Waals surface area contributed by atoms with E-state index in [2.05, 4.69) is 19.9 Å². The average molecular weight is 363 g/mol. The van der Waals surface area contributed by atoms with Crippen molar-refractivity contribution in [2.75, 3.05) is 29.9 Å². The van der Waals surface area contributed by atoms with Crippen LogP contribution in [0.25, 0.3) is 11.0 Å². The van der Waals surface area contributed by atoms with E-state index in [4.69, 9.17) is 5.26 Å². The molecule has 0 amide bonds. The van der Waals surface area contributed by atoms with E-state index in [-0.39, 0.29) is 17.3 Å². The third-order valence-electron chi connectivity index (χ3n) is 5.02. The third-order valence-corrected chi connectivity index (χ3v) is 5.02. The number of rotatable bonds is 4. The number of nitrogens with one attached hydrogen (secondary N) is 1. The number of hydrogen-bond acceptors (Lipinski definition) is 7. The van der Waals surface area contributed by atoms with Crippen LogP contribution in [0.15, 0.2) is 36.8 Å². The highest BCUT2D eigenvalue weighted by atomic mass is 16.6. The summed E-state index contributed by atoms with van der Waals surface area (Å²) in [6.45, 7) is 1.50. The van der Waals surface area contributed by atoms with Crippen molar-refractivity contribution in [3.8, 4) is 6.07 Å². The molecule has 0 bridgehead atoms. The summed E-state index contributed by atoms with van der Waals surface area (Å²) in [6.07, 6.45) is 4.23. The molecule has 0 saturated carbocycles. The van der Waals surface area contributed by atoms with Gasteiger partial charge in [0.2, 0.25) is 0 Å². The minimum Gasteiger partial charge on any atom is -0.364 e. The number of nitro groups is 1. The smallest absolute Gasteiger partial charge is 0.293 e. The summed E-state index contributed by atoms with van der Waals surface area (Å²) in [7, 11) is 1.86. The first kappa shape index (κ1) is 16.8. The van der Waals surface area contributed by atoms with E-state index in [1.807, 2.05) is 30.3 Å². The van der Waals surface area contributed by atoms with Gasteiger partial charge in [0, 0.05) is 38.4 Å². The van der Waals surface area contributed by atoms with Crippen LogP contribution < -0.4 is 9.80 Å². The van der Waals surface area contributed by atoms with Crippen molar-refractivity contribution in [2.24, 2.45) is 0 Å². The Morgan fingerprint density at radius 3 is 3.04 bits per heavy atom. The number of H-pyrrole nitrogens is 1. The Morgan fingerprint density at radius 1 is 1.41 bits per heavy atom. The Kier molecular flexibility index (Phi) is 4.08. The average Bonchev–Trinajstić information content (AvgIpc) is 3.36. The lowest BCUT2D eigenvalue weighted by atomic mass is 10.1. The van der Waals surface area contributed by atoms with Crippen molar-refractivity contribution in [1.82, 2.24) is 15.0 Å². The fourth-order valence-electron chi connectivity index (χ4n) is 3.60. The zero-order valence-electron chi connectivity index (χ0n) is 14.7. The number of aromatic nitrogens is 3. The molecule has 0 spiro atoms. The molecule has 9 nitrogen and oxygen atoms in total. The standard InChI is InChI=1S/C18H17N7O2/c1-23(15-3-2-12(9-19)8-16(15)25(26)27)13-5-7-24(10-13)18-14-4-6-20-17(14)21-11-22-18/h2-4,6,8,11,13H,5,7,10H2,1H3,(H,20,21,22). The summed E-state index contributed by atoms with van der Waals surface area (Å²) in [5, 5.41) is 21.4. The highest BCUT2D eigenvalue weighted by molar-refractivity contribution is 5.87. The highest BCUT2D eigenvalue weighted by Gasteiger charge is 2.30. The molecule has 9 heteroatoms. The largest absolute Gasteiger partial charge is 0.364 e. The Hall–Kier alpha value is -3.67. The van der Waals surface area contributed by atoms with Crippen molar-refractivity contribution in [3.05, 3.63) is 52.5 Å². The number of benzene rings is 1. The number of nitrogens with zero attached hydrogens (tertiary/aromatic N) is 6. The molecule has 1 aromatic carbocycles. The van der Waals surface area contributed by atoms with Crippen LogP contribution in [0.2, 0.25) is 0 Å². The number of nitriles is 1. The summed E-state index contributed by atoms with van der Waals surface area (Å²) in [5.74, 6) is 0.867. The molecular weight excluding hydrogens is 346 g/mol. The molecule has 3 aromatic rings. The lowest BCUT2D eigenvalue weighted by Crippen LogP contribution is -2.35. The number of anilines is 2. The molecular formula is C18H17N7O2. The number of nitro benzene ring substituents is 1. The topological polar surface area (TPSA) is 115 Å². The number of likely N-dealkylation sites (N-methyl/N-ethyl adjacent to an activating group) is 1. The minimum absolute atomic E-state index is 0.0509. The molecule has 4 rings (SSSR count). The van der Waals surface area contributed by atoms with Gasteiger partial charge in [0.25, 0.3) is 5.69 Å². The van der Waals surface area contributed by atoms with Crippen molar-refractivity contribution < 1.29 is 4.92 Å². The highest BCUT2D eigenvalue weighted by Crippen LogP contribution is 2.33. The number of fused-ring (bicyclic) bond motifs is 1. The van der Waals surface area contributed by atoms with Crippen molar-refractivity contribution in [1.29, 1.82) is 5.26 Å². The first-order valence-corrected chi connectivity index (χ1v) is 8.53. The molecule has 1 fully saturated rings. The number of hydrogen-bond donors (Lipinski definition) is 1. The van der Waals surface area contributed by atoms with Crippen LogP contribution in [-0.4, -0.2) is 46.1 Å². The monoisotopic (exact) mass is 363 g/mol. The molecule has 1 unspecified atom stereocenters. The normalized spacial score (nSPS) is 16.4. The quantitative estimate of drug-likeness (QED) is 0.559. The molecule has 3 heterocycles. The Bertz CT molecular complexity index is 1060. The zero-order valence-corrected chi connectivity index (χ0v) is 14.7. The summed E-state index contributed by atoms with van der Waals surface area (Å²) >= 11 is 0. The SMILES string of the molecule is CN(c1ccc(C#N)cc1[N+](=O)[O-])C1CCN(c2ncnc3[nH]ccc23)C1. The second-order valence-electron chi connectivity index (χ2n) is 6.51. The number of aromatic amines is 1. The third kappa shape index (κ3) is 2.91. The van der Waals surface area contributed by atoms with Gasteiger partial charge in [0.1, 0.15) is 23.5 Å². The van der Waals surface area contributed by atoms with E-state index < -0.39 is 4.92 Å². The first-order valence-electron chi connectivity index (χ1n) is 8.53. The molecule has 1 aliphatic heterocycles.